The lowest BCUT2D eigenvalue weighted by atomic mass is 10.0. The highest BCUT2D eigenvalue weighted by Gasteiger charge is 2.32. The first kappa shape index (κ1) is 26.9. The first-order valence-corrected chi connectivity index (χ1v) is 13.6. The van der Waals surface area contributed by atoms with Crippen LogP contribution in [-0.4, -0.2) is 72.5 Å². The Morgan fingerprint density at radius 2 is 1.77 bits per heavy atom. The van der Waals surface area contributed by atoms with Gasteiger partial charge in [-0.1, -0.05) is 6.07 Å². The molecule has 0 atom stereocenters. The van der Waals surface area contributed by atoms with Crippen LogP contribution in [0.2, 0.25) is 0 Å². The van der Waals surface area contributed by atoms with E-state index in [1.54, 1.807) is 12.1 Å². The van der Waals surface area contributed by atoms with Gasteiger partial charge in [-0.25, -0.2) is 17.2 Å². The van der Waals surface area contributed by atoms with Gasteiger partial charge in [0.2, 0.25) is 15.9 Å². The van der Waals surface area contributed by atoms with Crippen LogP contribution < -0.4 is 11.1 Å². The number of ether oxygens (including phenoxy) is 1. The van der Waals surface area contributed by atoms with Crippen molar-refractivity contribution < 1.29 is 31.5 Å². The largest absolute Gasteiger partial charge is 0.379 e. The molecule has 5 rings (SSSR count). The second kappa shape index (κ2) is 10.8. The predicted molar refractivity (Wildman–Crippen MR) is 135 cm³/mol. The van der Waals surface area contributed by atoms with Crippen LogP contribution in [0.3, 0.4) is 0 Å². The number of morpholine rings is 1. The SMILES string of the molecule is NC(=O)c1cc(CN2CCOCC2)ccc1C(=O)Nc1n[nH]c2c1CN(S(=O)(=O)c1cc(F)cc(F)c1)CC2. The van der Waals surface area contributed by atoms with Crippen molar-refractivity contribution in [1.29, 1.82) is 0 Å². The number of benzene rings is 2. The monoisotopic (exact) mass is 560 g/mol. The molecule has 1 fully saturated rings. The average molecular weight is 561 g/mol. The van der Waals surface area contributed by atoms with E-state index in [-0.39, 0.29) is 36.5 Å². The van der Waals surface area contributed by atoms with Gasteiger partial charge in [0.05, 0.1) is 29.2 Å². The van der Waals surface area contributed by atoms with Crippen LogP contribution in [-0.2, 0) is 34.3 Å². The quantitative estimate of drug-likeness (QED) is 0.397. The first-order valence-electron chi connectivity index (χ1n) is 12.2. The van der Waals surface area contributed by atoms with Gasteiger partial charge in [-0.05, 0) is 29.8 Å². The molecule has 3 heterocycles. The normalized spacial score (nSPS) is 16.6. The number of nitrogens with zero attached hydrogens (tertiary/aromatic N) is 3. The van der Waals surface area contributed by atoms with Gasteiger partial charge in [0.1, 0.15) is 11.6 Å². The molecule has 206 valence electrons. The standard InChI is InChI=1S/C25H26F2N6O5S/c26-16-10-17(27)12-18(11-16)39(36,37)33-4-3-22-21(14-33)24(31-30-22)29-25(35)19-2-1-15(9-20(19)23(28)34)13-32-5-7-38-8-6-32/h1-2,9-12H,3-8,13-14H2,(H2,28,34)(H2,29,30,31,35). The Kier molecular flexibility index (Phi) is 7.44. The molecule has 0 radical (unpaired) electrons. The number of fused-ring (bicyclic) bond motifs is 1. The van der Waals surface area contributed by atoms with Crippen molar-refractivity contribution in [3.63, 3.8) is 0 Å². The molecule has 2 aromatic carbocycles. The molecule has 0 bridgehead atoms. The van der Waals surface area contributed by atoms with Crippen molar-refractivity contribution >= 4 is 27.7 Å². The summed E-state index contributed by atoms with van der Waals surface area (Å²) < 4.78 is 60.0. The van der Waals surface area contributed by atoms with Gasteiger partial charge < -0.3 is 15.8 Å². The number of halogens is 2. The number of carbonyl (C=O) groups is 2. The zero-order chi connectivity index (χ0) is 27.7. The fourth-order valence-electron chi connectivity index (χ4n) is 4.69. The molecule has 1 saturated heterocycles. The smallest absolute Gasteiger partial charge is 0.257 e. The molecule has 4 N–H and O–H groups in total. The summed E-state index contributed by atoms with van der Waals surface area (Å²) in [6, 6.07) is 6.93. The van der Waals surface area contributed by atoms with Crippen LogP contribution >= 0.6 is 0 Å². The van der Waals surface area contributed by atoms with Gasteiger partial charge in [-0.3, -0.25) is 19.6 Å². The molecule has 0 aliphatic carbocycles. The summed E-state index contributed by atoms with van der Waals surface area (Å²) >= 11 is 0. The van der Waals surface area contributed by atoms with E-state index in [0.717, 1.165) is 35.1 Å². The van der Waals surface area contributed by atoms with E-state index in [0.29, 0.717) is 37.1 Å². The Morgan fingerprint density at radius 1 is 1.05 bits per heavy atom. The predicted octanol–water partition coefficient (Wildman–Crippen LogP) is 1.62. The number of nitrogens with two attached hydrogens (primary N) is 1. The van der Waals surface area contributed by atoms with E-state index in [2.05, 4.69) is 20.4 Å². The Hall–Kier alpha value is -3.72. The van der Waals surface area contributed by atoms with Gasteiger partial charge in [0, 0.05) is 56.5 Å². The first-order chi connectivity index (χ1) is 18.6. The third-order valence-corrected chi connectivity index (χ3v) is 8.53. The molecule has 11 nitrogen and oxygen atoms in total. The Bertz CT molecular complexity index is 1520. The van der Waals surface area contributed by atoms with E-state index in [1.807, 2.05) is 0 Å². The zero-order valence-corrected chi connectivity index (χ0v) is 21.6. The summed E-state index contributed by atoms with van der Waals surface area (Å²) in [6.07, 6.45) is 0.234. The van der Waals surface area contributed by atoms with Gasteiger partial charge >= 0.3 is 0 Å². The van der Waals surface area contributed by atoms with Gasteiger partial charge in [-0.2, -0.15) is 9.40 Å². The van der Waals surface area contributed by atoms with E-state index in [1.165, 1.54) is 6.07 Å². The number of nitrogens with one attached hydrogen (secondary N) is 2. The number of amides is 2. The van der Waals surface area contributed by atoms with Crippen molar-refractivity contribution in [3.05, 3.63) is 76.0 Å². The number of carbonyl (C=O) groups excluding carboxylic acids is 2. The minimum absolute atomic E-state index is 0.0411. The minimum atomic E-state index is -4.23. The number of anilines is 1. The number of primary amides is 1. The molecule has 0 unspecified atom stereocenters. The summed E-state index contributed by atoms with van der Waals surface area (Å²) in [4.78, 5) is 27.0. The fraction of sp³-hybridized carbons (Fsp3) is 0.320. The van der Waals surface area contributed by atoms with Crippen LogP contribution in [0.15, 0.2) is 41.3 Å². The second-order valence-corrected chi connectivity index (χ2v) is 11.2. The number of rotatable bonds is 7. The number of aromatic nitrogens is 2. The van der Waals surface area contributed by atoms with Gasteiger partial charge in [0.25, 0.3) is 5.91 Å². The number of hydrogen-bond acceptors (Lipinski definition) is 7. The van der Waals surface area contributed by atoms with Crippen LogP contribution in [0.25, 0.3) is 0 Å². The zero-order valence-electron chi connectivity index (χ0n) is 20.7. The molecule has 3 aromatic rings. The lowest BCUT2D eigenvalue weighted by Crippen LogP contribution is -2.36. The van der Waals surface area contributed by atoms with Crippen molar-refractivity contribution in [2.24, 2.45) is 5.73 Å². The van der Waals surface area contributed by atoms with Crippen molar-refractivity contribution in [2.45, 2.75) is 24.4 Å². The third kappa shape index (κ3) is 5.68. The highest BCUT2D eigenvalue weighted by molar-refractivity contribution is 7.89. The topological polar surface area (TPSA) is 151 Å². The Balaban J connectivity index is 1.35. The molecule has 0 saturated carbocycles. The number of hydrogen-bond donors (Lipinski definition) is 3. The highest BCUT2D eigenvalue weighted by atomic mass is 32.2. The highest BCUT2D eigenvalue weighted by Crippen LogP contribution is 2.29. The summed E-state index contributed by atoms with van der Waals surface area (Å²) in [5.41, 5.74) is 7.49. The second-order valence-electron chi connectivity index (χ2n) is 9.31. The maximum absolute atomic E-state index is 13.7. The average Bonchev–Trinajstić information content (AvgIpc) is 3.30. The number of aromatic amines is 1. The molecule has 1 aromatic heterocycles. The summed E-state index contributed by atoms with van der Waals surface area (Å²) in [5.74, 6) is -3.36. The number of H-pyrrole nitrogens is 1. The van der Waals surface area contributed by atoms with Crippen LogP contribution in [0.5, 0.6) is 0 Å². The lowest BCUT2D eigenvalue weighted by Gasteiger charge is -2.27. The maximum atomic E-state index is 13.7. The summed E-state index contributed by atoms with van der Waals surface area (Å²) in [5, 5.41) is 9.54. The van der Waals surface area contributed by atoms with Gasteiger partial charge in [-0.15, -0.1) is 0 Å². The minimum Gasteiger partial charge on any atom is -0.379 e. The molecule has 0 spiro atoms. The van der Waals surface area contributed by atoms with E-state index in [9.17, 15) is 26.8 Å². The summed E-state index contributed by atoms with van der Waals surface area (Å²) in [6.45, 7) is 3.16. The molecule has 2 amide bonds. The van der Waals surface area contributed by atoms with Gasteiger partial charge in [0.15, 0.2) is 5.82 Å². The van der Waals surface area contributed by atoms with Crippen molar-refractivity contribution in [2.75, 3.05) is 38.2 Å². The molecular formula is C25H26F2N6O5S. The molecule has 2 aliphatic rings. The molecule has 2 aliphatic heterocycles. The lowest BCUT2D eigenvalue weighted by molar-refractivity contribution is 0.0342. The van der Waals surface area contributed by atoms with E-state index in [4.69, 9.17) is 10.5 Å². The third-order valence-electron chi connectivity index (χ3n) is 6.71. The molecule has 39 heavy (non-hydrogen) atoms. The maximum Gasteiger partial charge on any atom is 0.257 e. The molecular weight excluding hydrogens is 534 g/mol. The van der Waals surface area contributed by atoms with Crippen LogP contribution in [0, 0.1) is 11.6 Å². The summed E-state index contributed by atoms with van der Waals surface area (Å²) in [7, 11) is -4.23. The Morgan fingerprint density at radius 3 is 2.46 bits per heavy atom. The van der Waals surface area contributed by atoms with Crippen LogP contribution in [0.4, 0.5) is 14.6 Å². The Labute approximate surface area is 223 Å². The van der Waals surface area contributed by atoms with E-state index >= 15 is 0 Å². The van der Waals surface area contributed by atoms with Crippen molar-refractivity contribution in [3.8, 4) is 0 Å². The van der Waals surface area contributed by atoms with Crippen LogP contribution in [0.1, 0.15) is 37.5 Å². The van der Waals surface area contributed by atoms with E-state index < -0.39 is 38.4 Å². The number of sulfonamides is 1. The fourth-order valence-corrected chi connectivity index (χ4v) is 6.14. The van der Waals surface area contributed by atoms with Crippen molar-refractivity contribution in [1.82, 2.24) is 19.4 Å². The molecule has 14 heteroatoms.